The third-order valence-corrected chi connectivity index (χ3v) is 5.92. The van der Waals surface area contributed by atoms with Gasteiger partial charge >= 0.3 is 12.0 Å². The fourth-order valence-electron chi connectivity index (χ4n) is 4.10. The first-order valence-corrected chi connectivity index (χ1v) is 10.9. The number of hydrogen-bond acceptors (Lipinski definition) is 5. The number of aryl methyl sites for hydroxylation is 1. The van der Waals surface area contributed by atoms with E-state index in [0.29, 0.717) is 12.3 Å². The first-order valence-electron chi connectivity index (χ1n) is 10.9. The van der Waals surface area contributed by atoms with Crippen LogP contribution in [0.25, 0.3) is 0 Å². The number of carbonyl (C=O) groups is 4. The molecule has 2 aliphatic rings. The Labute approximate surface area is 182 Å². The van der Waals surface area contributed by atoms with Gasteiger partial charge in [0.05, 0.1) is 6.04 Å². The van der Waals surface area contributed by atoms with Crippen LogP contribution in [0.5, 0.6) is 0 Å². The van der Waals surface area contributed by atoms with E-state index in [-0.39, 0.29) is 6.04 Å². The number of amides is 4. The van der Waals surface area contributed by atoms with E-state index in [0.717, 1.165) is 36.1 Å². The molecule has 0 bridgehead atoms. The van der Waals surface area contributed by atoms with Gasteiger partial charge in [0.15, 0.2) is 6.61 Å². The largest absolute Gasteiger partial charge is 0.454 e. The topological polar surface area (TPSA) is 105 Å². The van der Waals surface area contributed by atoms with Crippen LogP contribution in [0.15, 0.2) is 24.3 Å². The predicted molar refractivity (Wildman–Crippen MR) is 114 cm³/mol. The van der Waals surface area contributed by atoms with Crippen LogP contribution in [0.1, 0.15) is 63.6 Å². The van der Waals surface area contributed by atoms with Crippen molar-refractivity contribution in [3.05, 3.63) is 35.4 Å². The summed E-state index contributed by atoms with van der Waals surface area (Å²) >= 11 is 0. The minimum Gasteiger partial charge on any atom is -0.454 e. The fourth-order valence-corrected chi connectivity index (χ4v) is 4.10. The lowest BCUT2D eigenvalue weighted by Gasteiger charge is -2.26. The molecule has 0 aromatic heterocycles. The van der Waals surface area contributed by atoms with E-state index in [1.54, 1.807) is 6.92 Å². The predicted octanol–water partition coefficient (Wildman–Crippen LogP) is 2.47. The van der Waals surface area contributed by atoms with Crippen LogP contribution in [0.3, 0.4) is 0 Å². The summed E-state index contributed by atoms with van der Waals surface area (Å²) in [6.07, 6.45) is 4.05. The highest BCUT2D eigenvalue weighted by Crippen LogP contribution is 2.29. The van der Waals surface area contributed by atoms with Crippen molar-refractivity contribution >= 4 is 23.8 Å². The van der Waals surface area contributed by atoms with Gasteiger partial charge in [-0.1, -0.05) is 38.1 Å². The Hall–Kier alpha value is -2.90. The molecular formula is C23H31N3O5. The second kappa shape index (κ2) is 9.49. The summed E-state index contributed by atoms with van der Waals surface area (Å²) < 4.78 is 5.03. The van der Waals surface area contributed by atoms with Gasteiger partial charge in [0.1, 0.15) is 12.1 Å². The maximum Gasteiger partial charge on any atom is 0.326 e. The zero-order chi connectivity index (χ0) is 22.6. The summed E-state index contributed by atoms with van der Waals surface area (Å²) in [5, 5.41) is 5.58. The average molecular weight is 430 g/mol. The highest BCUT2D eigenvalue weighted by molar-refractivity contribution is 6.08. The molecular weight excluding hydrogens is 398 g/mol. The van der Waals surface area contributed by atoms with Crippen molar-refractivity contribution in [3.8, 4) is 0 Å². The Kier molecular flexibility index (Phi) is 6.97. The van der Waals surface area contributed by atoms with E-state index in [2.05, 4.69) is 16.7 Å². The van der Waals surface area contributed by atoms with E-state index in [4.69, 9.17) is 4.74 Å². The van der Waals surface area contributed by atoms with Gasteiger partial charge in [-0.2, -0.15) is 0 Å². The Morgan fingerprint density at radius 2 is 2.03 bits per heavy atom. The zero-order valence-electron chi connectivity index (χ0n) is 18.4. The molecule has 168 valence electrons. The lowest BCUT2D eigenvalue weighted by atomic mass is 9.88. The van der Waals surface area contributed by atoms with Crippen LogP contribution >= 0.6 is 0 Å². The molecule has 0 radical (unpaired) electrons. The van der Waals surface area contributed by atoms with Crippen LogP contribution in [0, 0.1) is 5.92 Å². The molecule has 1 aromatic rings. The molecule has 8 nitrogen and oxygen atoms in total. The first-order chi connectivity index (χ1) is 14.7. The van der Waals surface area contributed by atoms with Gasteiger partial charge in [-0.3, -0.25) is 19.3 Å². The van der Waals surface area contributed by atoms with Crippen LogP contribution in [0.4, 0.5) is 4.79 Å². The fraction of sp³-hybridized carbons (Fsp3) is 0.565. The van der Waals surface area contributed by atoms with Crippen LogP contribution < -0.4 is 10.6 Å². The molecule has 3 rings (SSSR count). The number of urea groups is 1. The standard InChI is InChI=1S/C23H31N3O5/c1-15(2)11-12-23(3)21(29)26(22(30)25-23)13-20(28)31-14-19(27)24-18-10-6-8-16-7-4-5-9-17(16)18/h4-5,7,9,15,18H,6,8,10-14H2,1-3H3,(H,24,27)(H,25,30)/t18-,23-/m0/s1. The summed E-state index contributed by atoms with van der Waals surface area (Å²) in [4.78, 5) is 50.2. The Balaban J connectivity index is 1.49. The zero-order valence-corrected chi connectivity index (χ0v) is 18.4. The van der Waals surface area contributed by atoms with E-state index in [1.165, 1.54) is 5.56 Å². The summed E-state index contributed by atoms with van der Waals surface area (Å²) in [5.41, 5.74) is 1.29. The molecule has 4 amide bonds. The van der Waals surface area contributed by atoms with Gasteiger partial charge in [-0.25, -0.2) is 4.79 Å². The molecule has 2 atom stereocenters. The molecule has 1 saturated heterocycles. The third kappa shape index (κ3) is 5.42. The van der Waals surface area contributed by atoms with Crippen LogP contribution in [-0.4, -0.2) is 47.4 Å². The Morgan fingerprint density at radius 1 is 1.29 bits per heavy atom. The maximum absolute atomic E-state index is 12.7. The highest BCUT2D eigenvalue weighted by Gasteiger charge is 2.48. The first kappa shape index (κ1) is 22.8. The molecule has 1 fully saturated rings. The molecule has 1 aliphatic carbocycles. The maximum atomic E-state index is 12.7. The minimum absolute atomic E-state index is 0.108. The van der Waals surface area contributed by atoms with E-state index in [9.17, 15) is 19.2 Å². The van der Waals surface area contributed by atoms with Crippen molar-refractivity contribution < 1.29 is 23.9 Å². The number of imide groups is 1. The van der Waals surface area contributed by atoms with E-state index in [1.807, 2.05) is 32.0 Å². The number of esters is 1. The smallest absolute Gasteiger partial charge is 0.326 e. The van der Waals surface area contributed by atoms with Gasteiger partial charge in [-0.15, -0.1) is 0 Å². The number of hydrogen-bond donors (Lipinski definition) is 2. The number of rotatable bonds is 8. The summed E-state index contributed by atoms with van der Waals surface area (Å²) in [6.45, 7) is 4.77. The highest BCUT2D eigenvalue weighted by atomic mass is 16.5. The normalized spacial score (nSPS) is 22.8. The quantitative estimate of drug-likeness (QED) is 0.488. The summed E-state index contributed by atoms with van der Waals surface area (Å²) in [6, 6.07) is 7.26. The summed E-state index contributed by atoms with van der Waals surface area (Å²) in [5.74, 6) is -1.27. The third-order valence-electron chi connectivity index (χ3n) is 5.92. The van der Waals surface area contributed by atoms with E-state index < -0.39 is 42.5 Å². The van der Waals surface area contributed by atoms with Crippen molar-refractivity contribution in [3.63, 3.8) is 0 Å². The van der Waals surface area contributed by atoms with Crippen molar-refractivity contribution in [2.24, 2.45) is 5.92 Å². The average Bonchev–Trinajstić information content (AvgIpc) is 2.94. The number of ether oxygens (including phenoxy) is 1. The molecule has 0 spiro atoms. The minimum atomic E-state index is -1.02. The van der Waals surface area contributed by atoms with Gasteiger partial charge in [-0.05, 0) is 56.1 Å². The number of nitrogens with zero attached hydrogens (tertiary/aromatic N) is 1. The SMILES string of the molecule is CC(C)CC[C@]1(C)NC(=O)N(CC(=O)OCC(=O)N[C@H]2CCCc3ccccc32)C1=O. The summed E-state index contributed by atoms with van der Waals surface area (Å²) in [7, 11) is 0. The molecule has 1 aromatic carbocycles. The molecule has 1 heterocycles. The Bertz CT molecular complexity index is 869. The number of carbonyl (C=O) groups excluding carboxylic acids is 4. The van der Waals surface area contributed by atoms with E-state index >= 15 is 0 Å². The van der Waals surface area contributed by atoms with Gasteiger partial charge in [0.25, 0.3) is 11.8 Å². The van der Waals surface area contributed by atoms with Crippen LogP contribution in [0.2, 0.25) is 0 Å². The number of nitrogens with one attached hydrogen (secondary N) is 2. The van der Waals surface area contributed by atoms with Gasteiger partial charge in [0, 0.05) is 0 Å². The number of fused-ring (bicyclic) bond motifs is 1. The lowest BCUT2D eigenvalue weighted by molar-refractivity contribution is -0.151. The van der Waals surface area contributed by atoms with Crippen molar-refractivity contribution in [2.45, 2.75) is 64.5 Å². The van der Waals surface area contributed by atoms with Crippen molar-refractivity contribution in [1.82, 2.24) is 15.5 Å². The van der Waals surface area contributed by atoms with Crippen molar-refractivity contribution in [1.29, 1.82) is 0 Å². The molecule has 0 saturated carbocycles. The molecule has 8 heteroatoms. The van der Waals surface area contributed by atoms with Crippen LogP contribution in [-0.2, 0) is 25.5 Å². The monoisotopic (exact) mass is 429 g/mol. The lowest BCUT2D eigenvalue weighted by Crippen LogP contribution is -2.44. The molecule has 1 aliphatic heterocycles. The van der Waals surface area contributed by atoms with Gasteiger partial charge < -0.3 is 15.4 Å². The molecule has 31 heavy (non-hydrogen) atoms. The second-order valence-electron chi connectivity index (χ2n) is 8.96. The Morgan fingerprint density at radius 3 is 2.77 bits per heavy atom. The van der Waals surface area contributed by atoms with Gasteiger partial charge in [0.2, 0.25) is 0 Å². The molecule has 0 unspecified atom stereocenters. The second-order valence-corrected chi connectivity index (χ2v) is 8.96. The van der Waals surface area contributed by atoms with Crippen molar-refractivity contribution in [2.75, 3.05) is 13.2 Å². The number of benzene rings is 1. The molecule has 2 N–H and O–H groups in total.